The highest BCUT2D eigenvalue weighted by Crippen LogP contribution is 2.55. The summed E-state index contributed by atoms with van der Waals surface area (Å²) in [4.78, 5) is 2.33. The van der Waals surface area contributed by atoms with Gasteiger partial charge >= 0.3 is 0 Å². The van der Waals surface area contributed by atoms with E-state index in [1.54, 1.807) is 11.3 Å². The lowest BCUT2D eigenvalue weighted by molar-refractivity contribution is 0.666. The van der Waals surface area contributed by atoms with Gasteiger partial charge in [-0.15, -0.1) is 11.3 Å². The third-order valence-corrected chi connectivity index (χ3v) is 11.4. The van der Waals surface area contributed by atoms with Crippen molar-refractivity contribution >= 4 is 80.9 Å². The predicted molar refractivity (Wildman–Crippen MR) is 204 cm³/mol. The van der Waals surface area contributed by atoms with E-state index in [9.17, 15) is 1.37 Å². The first-order valence-corrected chi connectivity index (χ1v) is 17.1. The van der Waals surface area contributed by atoms with E-state index in [0.717, 1.165) is 22.4 Å². The van der Waals surface area contributed by atoms with E-state index in [4.69, 9.17) is 0 Å². The molecule has 0 saturated heterocycles. The Morgan fingerprint density at radius 1 is 0.553 bits per heavy atom. The maximum Gasteiger partial charge on any atom is 0.0645 e. The summed E-state index contributed by atoms with van der Waals surface area (Å²) in [6, 6.07) is 53.2. The molecule has 1 aliphatic carbocycles. The first kappa shape index (κ1) is 25.7. The average molecular weight is 619 g/mol. The Morgan fingerprint density at radius 3 is 2.13 bits per heavy atom. The van der Waals surface area contributed by atoms with Gasteiger partial charge in [0.05, 0.1) is 7.06 Å². The van der Waals surface area contributed by atoms with Gasteiger partial charge < -0.3 is 4.90 Å². The molecule has 0 atom stereocenters. The zero-order valence-corrected chi connectivity index (χ0v) is 27.0. The summed E-state index contributed by atoms with van der Waals surface area (Å²) in [5.74, 6) is 0. The van der Waals surface area contributed by atoms with Crippen molar-refractivity contribution in [1.82, 2.24) is 0 Å². The topological polar surface area (TPSA) is 3.24 Å². The summed E-state index contributed by atoms with van der Waals surface area (Å²) < 4.78 is 11.9. The minimum Gasteiger partial charge on any atom is -0.310 e. The van der Waals surface area contributed by atoms with Gasteiger partial charge in [0.2, 0.25) is 0 Å². The summed E-state index contributed by atoms with van der Waals surface area (Å²) in [5, 5.41) is 9.77. The van der Waals surface area contributed by atoms with Crippen LogP contribution in [0.25, 0.3) is 63.6 Å². The Kier molecular flexibility index (Phi) is 5.35. The standard InChI is InChI=1S/C45H31NS/c1-45(2)38-18-9-7-16-35(38)42-33-25-24-31(27-37(33)32-14-5-6-15-34(32)44(42)45)46(30-23-22-28-12-3-4-13-29(28)26-30)39-19-11-21-41-43(39)36-17-8-10-20-40(36)47-41/h3-27H,1-2H3/i19D. The van der Waals surface area contributed by atoms with E-state index in [1.165, 1.54) is 69.4 Å². The molecule has 0 N–H and O–H groups in total. The Hall–Kier alpha value is -5.44. The fraction of sp³-hybridized carbons (Fsp3) is 0.0667. The number of rotatable bonds is 3. The quantitative estimate of drug-likeness (QED) is 0.178. The number of nitrogens with zero attached hydrogens (tertiary/aromatic N) is 1. The second kappa shape index (κ2) is 9.78. The molecule has 0 bridgehead atoms. The first-order chi connectivity index (χ1) is 23.5. The van der Waals surface area contributed by atoms with Crippen LogP contribution in [0.3, 0.4) is 0 Å². The molecule has 10 rings (SSSR count). The van der Waals surface area contributed by atoms with Crippen LogP contribution in [0.15, 0.2) is 152 Å². The van der Waals surface area contributed by atoms with E-state index in [0.29, 0.717) is 6.04 Å². The van der Waals surface area contributed by atoms with Crippen molar-refractivity contribution in [3.8, 4) is 11.1 Å². The van der Waals surface area contributed by atoms with E-state index in [2.05, 4.69) is 158 Å². The van der Waals surface area contributed by atoms with Gasteiger partial charge in [-0.2, -0.15) is 0 Å². The van der Waals surface area contributed by atoms with Gasteiger partial charge in [0.1, 0.15) is 0 Å². The van der Waals surface area contributed by atoms with Gasteiger partial charge in [-0.1, -0.05) is 123 Å². The second-order valence-corrected chi connectivity index (χ2v) is 14.3. The van der Waals surface area contributed by atoms with Gasteiger partial charge in [0.15, 0.2) is 0 Å². The lowest BCUT2D eigenvalue weighted by atomic mass is 9.79. The van der Waals surface area contributed by atoms with Crippen molar-refractivity contribution in [2.24, 2.45) is 0 Å². The fourth-order valence-corrected chi connectivity index (χ4v) is 9.33. The van der Waals surface area contributed by atoms with Crippen molar-refractivity contribution in [2.75, 3.05) is 4.90 Å². The first-order valence-electron chi connectivity index (χ1n) is 16.8. The Labute approximate surface area is 279 Å². The molecule has 2 heteroatoms. The smallest absolute Gasteiger partial charge is 0.0645 e. The highest BCUT2D eigenvalue weighted by atomic mass is 32.1. The molecule has 0 spiro atoms. The third kappa shape index (κ3) is 3.77. The number of anilines is 3. The zero-order valence-electron chi connectivity index (χ0n) is 27.2. The monoisotopic (exact) mass is 618 g/mol. The molecule has 0 saturated carbocycles. The van der Waals surface area contributed by atoms with E-state index in [-0.39, 0.29) is 5.41 Å². The Balaban J connectivity index is 1.32. The number of hydrogen-bond donors (Lipinski definition) is 0. The lowest BCUT2D eigenvalue weighted by Crippen LogP contribution is -2.15. The third-order valence-electron chi connectivity index (χ3n) is 10.3. The Bertz CT molecular complexity index is 2790. The predicted octanol–water partition coefficient (Wildman–Crippen LogP) is 13.3. The largest absolute Gasteiger partial charge is 0.310 e. The molecule has 47 heavy (non-hydrogen) atoms. The molecule has 1 aromatic heterocycles. The molecule has 0 fully saturated rings. The molecule has 8 aromatic carbocycles. The molecule has 1 heterocycles. The average Bonchev–Trinajstić information content (AvgIpc) is 3.62. The molecule has 0 unspecified atom stereocenters. The zero-order chi connectivity index (χ0) is 32.1. The van der Waals surface area contributed by atoms with Crippen molar-refractivity contribution < 1.29 is 1.37 Å². The van der Waals surface area contributed by atoms with Gasteiger partial charge in [-0.25, -0.2) is 0 Å². The van der Waals surface area contributed by atoms with Gasteiger partial charge in [-0.3, -0.25) is 0 Å². The summed E-state index contributed by atoms with van der Waals surface area (Å²) in [6.07, 6.45) is 0. The number of thiophene rings is 1. The fourth-order valence-electron chi connectivity index (χ4n) is 8.22. The van der Waals surface area contributed by atoms with Gasteiger partial charge in [-0.05, 0) is 97.0 Å². The van der Waals surface area contributed by atoms with E-state index >= 15 is 0 Å². The Morgan fingerprint density at radius 2 is 1.23 bits per heavy atom. The normalized spacial score (nSPS) is 13.8. The summed E-state index contributed by atoms with van der Waals surface area (Å²) in [6.45, 7) is 4.74. The van der Waals surface area contributed by atoms with E-state index < -0.39 is 0 Å². The molecular weight excluding hydrogens is 587 g/mol. The number of hydrogen-bond acceptors (Lipinski definition) is 2. The van der Waals surface area contributed by atoms with Crippen LogP contribution in [0, 0.1) is 0 Å². The highest BCUT2D eigenvalue weighted by molar-refractivity contribution is 7.26. The van der Waals surface area contributed by atoms with Crippen molar-refractivity contribution in [3.05, 3.63) is 163 Å². The maximum atomic E-state index is 9.44. The molecule has 1 aliphatic rings. The van der Waals surface area contributed by atoms with Crippen LogP contribution in [0.1, 0.15) is 26.3 Å². The summed E-state index contributed by atoms with van der Waals surface area (Å²) in [7, 11) is 0. The van der Waals surface area contributed by atoms with Crippen molar-refractivity contribution in [3.63, 3.8) is 0 Å². The maximum absolute atomic E-state index is 9.44. The minimum atomic E-state index is -0.106. The van der Waals surface area contributed by atoms with Crippen LogP contribution in [-0.4, -0.2) is 0 Å². The molecule has 9 aromatic rings. The molecule has 222 valence electrons. The molecular formula is C45H31NS. The van der Waals surface area contributed by atoms with Gasteiger partial charge in [0, 0.05) is 37.0 Å². The van der Waals surface area contributed by atoms with Crippen LogP contribution >= 0.6 is 11.3 Å². The van der Waals surface area contributed by atoms with Crippen LogP contribution in [0.2, 0.25) is 0 Å². The van der Waals surface area contributed by atoms with E-state index in [1.807, 2.05) is 6.07 Å². The lowest BCUT2D eigenvalue weighted by Gasteiger charge is -2.28. The van der Waals surface area contributed by atoms with Crippen LogP contribution in [0.4, 0.5) is 17.1 Å². The number of fused-ring (bicyclic) bond motifs is 12. The van der Waals surface area contributed by atoms with Crippen LogP contribution in [0.5, 0.6) is 0 Å². The molecule has 0 radical (unpaired) electrons. The van der Waals surface area contributed by atoms with Crippen LogP contribution in [-0.2, 0) is 5.41 Å². The molecule has 0 amide bonds. The summed E-state index contributed by atoms with van der Waals surface area (Å²) >= 11 is 1.80. The second-order valence-electron chi connectivity index (χ2n) is 13.2. The summed E-state index contributed by atoms with van der Waals surface area (Å²) in [5.41, 5.74) is 8.37. The molecule has 1 nitrogen and oxygen atoms in total. The SMILES string of the molecule is [2H]c1ccc2sc3ccccc3c2c1N(c1ccc2ccccc2c1)c1ccc2c3c(c4ccccc4c2c1)C(C)(C)c1ccccc1-3. The van der Waals surface area contributed by atoms with Gasteiger partial charge in [0.25, 0.3) is 0 Å². The van der Waals surface area contributed by atoms with Crippen LogP contribution < -0.4 is 4.90 Å². The van der Waals surface area contributed by atoms with Crippen molar-refractivity contribution in [2.45, 2.75) is 19.3 Å². The highest BCUT2D eigenvalue weighted by Gasteiger charge is 2.38. The van der Waals surface area contributed by atoms with Crippen molar-refractivity contribution in [1.29, 1.82) is 0 Å². The minimum absolute atomic E-state index is 0.106. The molecule has 0 aliphatic heterocycles. The number of benzene rings is 8.